The van der Waals surface area contributed by atoms with Crippen molar-refractivity contribution < 1.29 is 17.9 Å². The summed E-state index contributed by atoms with van der Waals surface area (Å²) in [6.07, 6.45) is 1.71. The highest BCUT2D eigenvalue weighted by molar-refractivity contribution is 7.91. The van der Waals surface area contributed by atoms with Gasteiger partial charge in [0.2, 0.25) is 0 Å². The Labute approximate surface area is 145 Å². The van der Waals surface area contributed by atoms with Crippen molar-refractivity contribution in [1.82, 2.24) is 15.2 Å². The third-order valence-electron chi connectivity index (χ3n) is 4.74. The number of rotatable bonds is 3. The number of aromatic nitrogens is 1. The number of nitrogens with zero attached hydrogens (tertiary/aromatic N) is 2. The zero-order valence-electron chi connectivity index (χ0n) is 13.6. The van der Waals surface area contributed by atoms with Crippen molar-refractivity contribution in [2.75, 3.05) is 31.2 Å². The van der Waals surface area contributed by atoms with Gasteiger partial charge in [-0.1, -0.05) is 6.07 Å². The number of carbonyl (C=O) groups excluding carboxylic acids is 1. The summed E-state index contributed by atoms with van der Waals surface area (Å²) in [5.74, 6) is 0.509. The SMILES string of the molecule is O=C(COc1ccc2cccnc2c1)N1CCN[C@H]2CS(=O)(=O)C[C@H]21. The van der Waals surface area contributed by atoms with Gasteiger partial charge in [0.25, 0.3) is 5.91 Å². The van der Waals surface area contributed by atoms with Gasteiger partial charge < -0.3 is 15.0 Å². The van der Waals surface area contributed by atoms with E-state index in [4.69, 9.17) is 4.74 Å². The molecule has 1 N–H and O–H groups in total. The molecule has 1 aromatic heterocycles. The normalized spacial score (nSPS) is 24.9. The molecule has 0 spiro atoms. The lowest BCUT2D eigenvalue weighted by Gasteiger charge is -2.37. The van der Waals surface area contributed by atoms with Crippen molar-refractivity contribution >= 4 is 26.6 Å². The molecule has 0 bridgehead atoms. The highest BCUT2D eigenvalue weighted by Crippen LogP contribution is 2.22. The number of pyridine rings is 1. The molecule has 2 saturated heterocycles. The Kier molecular flexibility index (Phi) is 4.09. The largest absolute Gasteiger partial charge is 0.484 e. The first kappa shape index (κ1) is 16.3. The van der Waals surface area contributed by atoms with Crippen LogP contribution in [0.15, 0.2) is 36.5 Å². The van der Waals surface area contributed by atoms with Gasteiger partial charge in [-0.05, 0) is 18.2 Å². The topological polar surface area (TPSA) is 88.6 Å². The summed E-state index contributed by atoms with van der Waals surface area (Å²) < 4.78 is 29.3. The monoisotopic (exact) mass is 361 g/mol. The number of carbonyl (C=O) groups is 1. The van der Waals surface area contributed by atoms with Crippen LogP contribution in [0.4, 0.5) is 0 Å². The maximum absolute atomic E-state index is 12.6. The number of sulfone groups is 1. The predicted molar refractivity (Wildman–Crippen MR) is 93.2 cm³/mol. The Morgan fingerprint density at radius 1 is 1.32 bits per heavy atom. The quantitative estimate of drug-likeness (QED) is 0.841. The number of nitrogens with one attached hydrogen (secondary N) is 1. The molecule has 0 aliphatic carbocycles. The highest BCUT2D eigenvalue weighted by Gasteiger charge is 2.44. The Morgan fingerprint density at radius 2 is 2.20 bits per heavy atom. The van der Waals surface area contributed by atoms with Crippen molar-refractivity contribution in [3.05, 3.63) is 36.5 Å². The smallest absolute Gasteiger partial charge is 0.260 e. The molecule has 2 aromatic rings. The summed E-state index contributed by atoms with van der Waals surface area (Å²) in [6.45, 7) is 0.988. The minimum absolute atomic E-state index is 0.0241. The van der Waals surface area contributed by atoms with E-state index < -0.39 is 9.84 Å². The fourth-order valence-electron chi connectivity index (χ4n) is 3.54. The average molecular weight is 361 g/mol. The fourth-order valence-corrected chi connectivity index (χ4v) is 5.50. The van der Waals surface area contributed by atoms with Gasteiger partial charge in [0.05, 0.1) is 23.1 Å². The van der Waals surface area contributed by atoms with E-state index in [0.717, 1.165) is 10.9 Å². The third kappa shape index (κ3) is 3.32. The molecule has 7 nitrogen and oxygen atoms in total. The van der Waals surface area contributed by atoms with Gasteiger partial charge >= 0.3 is 0 Å². The second kappa shape index (κ2) is 6.27. The summed E-state index contributed by atoms with van der Waals surface area (Å²) in [4.78, 5) is 18.5. The second-order valence-corrected chi connectivity index (χ2v) is 8.59. The van der Waals surface area contributed by atoms with Gasteiger partial charge in [-0.3, -0.25) is 9.78 Å². The molecule has 8 heteroatoms. The molecule has 2 atom stereocenters. The van der Waals surface area contributed by atoms with Crippen LogP contribution in [0.2, 0.25) is 0 Å². The molecule has 0 unspecified atom stereocenters. The number of benzene rings is 1. The maximum Gasteiger partial charge on any atom is 0.260 e. The van der Waals surface area contributed by atoms with Crippen molar-refractivity contribution in [2.24, 2.45) is 0 Å². The molecule has 2 fully saturated rings. The van der Waals surface area contributed by atoms with Gasteiger partial charge in [-0.2, -0.15) is 0 Å². The van der Waals surface area contributed by atoms with Crippen LogP contribution in [-0.2, 0) is 14.6 Å². The van der Waals surface area contributed by atoms with Crippen LogP contribution >= 0.6 is 0 Å². The molecule has 2 aliphatic heterocycles. The minimum Gasteiger partial charge on any atom is -0.484 e. The average Bonchev–Trinajstić information content (AvgIpc) is 2.93. The number of hydrogen-bond acceptors (Lipinski definition) is 6. The predicted octanol–water partition coefficient (Wildman–Crippen LogP) is 0.211. The van der Waals surface area contributed by atoms with Crippen LogP contribution in [0.1, 0.15) is 0 Å². The summed E-state index contributed by atoms with van der Waals surface area (Å²) in [6, 6.07) is 8.84. The number of fused-ring (bicyclic) bond motifs is 2. The van der Waals surface area contributed by atoms with E-state index in [0.29, 0.717) is 18.8 Å². The van der Waals surface area contributed by atoms with E-state index in [1.807, 2.05) is 18.2 Å². The summed E-state index contributed by atoms with van der Waals surface area (Å²) in [5, 5.41) is 4.20. The van der Waals surface area contributed by atoms with Gasteiger partial charge in [0.1, 0.15) is 5.75 Å². The van der Waals surface area contributed by atoms with Crippen LogP contribution in [0, 0.1) is 0 Å². The summed E-state index contributed by atoms with van der Waals surface area (Å²) in [7, 11) is -3.09. The van der Waals surface area contributed by atoms with E-state index in [1.165, 1.54) is 0 Å². The lowest BCUT2D eigenvalue weighted by molar-refractivity contribution is -0.136. The van der Waals surface area contributed by atoms with Gasteiger partial charge in [-0.25, -0.2) is 8.42 Å². The highest BCUT2D eigenvalue weighted by atomic mass is 32.2. The van der Waals surface area contributed by atoms with Gasteiger partial charge in [0.15, 0.2) is 16.4 Å². The Hall–Kier alpha value is -2.19. The molecule has 2 aliphatic rings. The fraction of sp³-hybridized carbons (Fsp3) is 0.412. The van der Waals surface area contributed by atoms with E-state index in [1.54, 1.807) is 23.2 Å². The molecule has 25 heavy (non-hydrogen) atoms. The molecule has 4 rings (SSSR count). The van der Waals surface area contributed by atoms with Crippen LogP contribution in [0.3, 0.4) is 0 Å². The molecular formula is C17H19N3O4S. The summed E-state index contributed by atoms with van der Waals surface area (Å²) >= 11 is 0. The van der Waals surface area contributed by atoms with Crippen LogP contribution in [-0.4, -0.2) is 67.5 Å². The maximum atomic E-state index is 12.6. The standard InChI is InChI=1S/C17H19N3O4S/c21-17(20-7-6-19-15-10-25(22,23)11-16(15)20)9-24-13-4-3-12-2-1-5-18-14(12)8-13/h1-5,8,15-16,19H,6-7,9-11H2/t15-,16+/m0/s1. The molecule has 0 radical (unpaired) electrons. The van der Waals surface area contributed by atoms with E-state index >= 15 is 0 Å². The van der Waals surface area contributed by atoms with E-state index in [2.05, 4.69) is 10.3 Å². The first-order valence-electron chi connectivity index (χ1n) is 8.23. The van der Waals surface area contributed by atoms with Crippen LogP contribution in [0.5, 0.6) is 5.75 Å². The van der Waals surface area contributed by atoms with Gasteiger partial charge in [-0.15, -0.1) is 0 Å². The number of hydrogen-bond donors (Lipinski definition) is 1. The van der Waals surface area contributed by atoms with E-state index in [-0.39, 0.29) is 36.1 Å². The molecule has 1 amide bonds. The number of piperazine rings is 1. The van der Waals surface area contributed by atoms with Crippen molar-refractivity contribution in [1.29, 1.82) is 0 Å². The zero-order chi connectivity index (χ0) is 17.4. The van der Waals surface area contributed by atoms with Crippen LogP contribution < -0.4 is 10.1 Å². The van der Waals surface area contributed by atoms with Crippen molar-refractivity contribution in [2.45, 2.75) is 12.1 Å². The Bertz CT molecular complexity index is 915. The lowest BCUT2D eigenvalue weighted by Crippen LogP contribution is -2.59. The molecular weight excluding hydrogens is 342 g/mol. The number of ether oxygens (including phenoxy) is 1. The Balaban J connectivity index is 1.44. The van der Waals surface area contributed by atoms with Crippen LogP contribution in [0.25, 0.3) is 10.9 Å². The second-order valence-electron chi connectivity index (χ2n) is 6.44. The Morgan fingerprint density at radius 3 is 3.08 bits per heavy atom. The first-order chi connectivity index (χ1) is 12.0. The summed E-state index contributed by atoms with van der Waals surface area (Å²) in [5.41, 5.74) is 0.802. The number of amides is 1. The van der Waals surface area contributed by atoms with Gasteiger partial charge in [0, 0.05) is 36.8 Å². The first-order valence-corrected chi connectivity index (χ1v) is 10.0. The molecule has 3 heterocycles. The van der Waals surface area contributed by atoms with E-state index in [9.17, 15) is 13.2 Å². The molecule has 0 saturated carbocycles. The zero-order valence-corrected chi connectivity index (χ0v) is 14.4. The van der Waals surface area contributed by atoms with Crippen molar-refractivity contribution in [3.63, 3.8) is 0 Å². The lowest BCUT2D eigenvalue weighted by atomic mass is 10.1. The minimum atomic E-state index is -3.09. The van der Waals surface area contributed by atoms with Crippen molar-refractivity contribution in [3.8, 4) is 5.75 Å². The third-order valence-corrected chi connectivity index (χ3v) is 6.46. The molecule has 132 valence electrons. The molecule has 1 aromatic carbocycles.